The summed E-state index contributed by atoms with van der Waals surface area (Å²) in [5.74, 6) is -0.132. The van der Waals surface area contributed by atoms with Crippen LogP contribution in [0.1, 0.15) is 0 Å². The van der Waals surface area contributed by atoms with E-state index >= 15 is 0 Å². The lowest BCUT2D eigenvalue weighted by Crippen LogP contribution is -2.51. The smallest absolute Gasteiger partial charge is 0.257 e. The lowest BCUT2D eigenvalue weighted by Gasteiger charge is -2.26. The van der Waals surface area contributed by atoms with Crippen LogP contribution < -0.4 is 10.7 Å². The van der Waals surface area contributed by atoms with Crippen molar-refractivity contribution in [2.45, 2.75) is 0 Å². The summed E-state index contributed by atoms with van der Waals surface area (Å²) < 4.78 is 0. The first-order valence-electron chi connectivity index (χ1n) is 3.71. The van der Waals surface area contributed by atoms with Crippen LogP contribution in [0.5, 0.6) is 0 Å². The summed E-state index contributed by atoms with van der Waals surface area (Å²) >= 11 is 0. The lowest BCUT2D eigenvalue weighted by molar-refractivity contribution is -0.121. The Morgan fingerprint density at radius 2 is 2.18 bits per heavy atom. The second-order valence-electron chi connectivity index (χ2n) is 2.42. The Balaban J connectivity index is 2.24. The molecule has 0 aliphatic carbocycles. The van der Waals surface area contributed by atoms with Gasteiger partial charge in [-0.1, -0.05) is 6.58 Å². The second kappa shape index (κ2) is 4.10. The first-order valence-corrected chi connectivity index (χ1v) is 3.71. The largest absolute Gasteiger partial charge is 0.314 e. The molecule has 0 unspecified atom stereocenters. The highest BCUT2D eigenvalue weighted by Crippen LogP contribution is 1.86. The molecule has 4 heteroatoms. The van der Waals surface area contributed by atoms with Gasteiger partial charge in [0.15, 0.2) is 0 Å². The number of piperazine rings is 1. The summed E-state index contributed by atoms with van der Waals surface area (Å²) in [6, 6.07) is 0. The summed E-state index contributed by atoms with van der Waals surface area (Å²) in [6.45, 7) is 6.95. The molecule has 1 aliphatic rings. The number of carbonyl (C=O) groups excluding carboxylic acids is 1. The molecule has 4 nitrogen and oxygen atoms in total. The molecule has 1 amide bonds. The Bertz CT molecular complexity index is 152. The minimum Gasteiger partial charge on any atom is -0.314 e. The minimum absolute atomic E-state index is 0.132. The molecule has 0 bridgehead atoms. The van der Waals surface area contributed by atoms with Crippen molar-refractivity contribution in [2.24, 2.45) is 0 Å². The predicted molar refractivity (Wildman–Crippen MR) is 42.8 cm³/mol. The molecule has 0 aromatic rings. The summed E-state index contributed by atoms with van der Waals surface area (Å²) in [5.41, 5.74) is 2.70. The molecule has 1 saturated heterocycles. The third-order valence-electron chi connectivity index (χ3n) is 1.57. The van der Waals surface area contributed by atoms with Gasteiger partial charge in [0.25, 0.3) is 5.91 Å². The van der Waals surface area contributed by atoms with Crippen molar-refractivity contribution in [2.75, 3.05) is 26.2 Å². The van der Waals surface area contributed by atoms with Crippen LogP contribution in [-0.2, 0) is 4.79 Å². The van der Waals surface area contributed by atoms with Crippen molar-refractivity contribution >= 4 is 5.91 Å². The third kappa shape index (κ3) is 2.69. The monoisotopic (exact) mass is 155 g/mol. The van der Waals surface area contributed by atoms with Gasteiger partial charge in [0, 0.05) is 26.2 Å². The number of nitrogens with one attached hydrogen (secondary N) is 2. The zero-order valence-electron chi connectivity index (χ0n) is 6.47. The summed E-state index contributed by atoms with van der Waals surface area (Å²) in [4.78, 5) is 10.8. The summed E-state index contributed by atoms with van der Waals surface area (Å²) in [5, 5.41) is 5.08. The van der Waals surface area contributed by atoms with E-state index in [1.807, 2.05) is 5.01 Å². The molecule has 0 atom stereocenters. The summed E-state index contributed by atoms with van der Waals surface area (Å²) in [7, 11) is 0. The van der Waals surface area contributed by atoms with Crippen LogP contribution in [0.3, 0.4) is 0 Å². The van der Waals surface area contributed by atoms with E-state index in [0.29, 0.717) is 0 Å². The maximum Gasteiger partial charge on any atom is 0.257 e. The molecule has 0 radical (unpaired) electrons. The highest BCUT2D eigenvalue weighted by molar-refractivity contribution is 5.86. The van der Waals surface area contributed by atoms with Gasteiger partial charge < -0.3 is 5.32 Å². The fourth-order valence-electron chi connectivity index (χ4n) is 0.978. The molecule has 11 heavy (non-hydrogen) atoms. The normalized spacial score (nSPS) is 19.3. The van der Waals surface area contributed by atoms with Gasteiger partial charge in [-0.15, -0.1) is 0 Å². The van der Waals surface area contributed by atoms with Crippen molar-refractivity contribution in [3.63, 3.8) is 0 Å². The molecule has 0 aromatic carbocycles. The number of hydrazine groups is 1. The molecular formula is C7H13N3O. The molecule has 2 N–H and O–H groups in total. The van der Waals surface area contributed by atoms with E-state index < -0.39 is 0 Å². The molecule has 0 saturated carbocycles. The average Bonchev–Trinajstić information content (AvgIpc) is 2.06. The number of amides is 1. The molecule has 1 heterocycles. The van der Waals surface area contributed by atoms with E-state index in [9.17, 15) is 4.79 Å². The predicted octanol–water partition coefficient (Wildman–Crippen LogP) is -0.891. The van der Waals surface area contributed by atoms with Crippen LogP contribution in [0.4, 0.5) is 0 Å². The van der Waals surface area contributed by atoms with Crippen molar-refractivity contribution in [3.05, 3.63) is 12.7 Å². The maximum atomic E-state index is 10.8. The SMILES string of the molecule is C=CC(=O)NN1CCNCC1. The van der Waals surface area contributed by atoms with Gasteiger partial charge in [-0.25, -0.2) is 5.01 Å². The Hall–Kier alpha value is -0.870. The van der Waals surface area contributed by atoms with Crippen molar-refractivity contribution < 1.29 is 4.79 Å². The van der Waals surface area contributed by atoms with E-state index in [0.717, 1.165) is 26.2 Å². The van der Waals surface area contributed by atoms with E-state index in [-0.39, 0.29) is 5.91 Å². The maximum absolute atomic E-state index is 10.8. The van der Waals surface area contributed by atoms with Gasteiger partial charge in [0.2, 0.25) is 0 Å². The number of hydrogen-bond donors (Lipinski definition) is 2. The number of nitrogens with zero attached hydrogens (tertiary/aromatic N) is 1. The molecule has 62 valence electrons. The highest BCUT2D eigenvalue weighted by Gasteiger charge is 2.09. The van der Waals surface area contributed by atoms with Crippen LogP contribution in [-0.4, -0.2) is 37.1 Å². The Kier molecular flexibility index (Phi) is 3.07. The molecule has 0 aromatic heterocycles. The zero-order valence-corrected chi connectivity index (χ0v) is 6.47. The fraction of sp³-hybridized carbons (Fsp3) is 0.571. The minimum atomic E-state index is -0.132. The molecule has 1 fully saturated rings. The first-order chi connectivity index (χ1) is 5.33. The van der Waals surface area contributed by atoms with E-state index in [2.05, 4.69) is 17.3 Å². The number of rotatable bonds is 2. The zero-order chi connectivity index (χ0) is 8.10. The Morgan fingerprint density at radius 1 is 1.55 bits per heavy atom. The lowest BCUT2D eigenvalue weighted by atomic mass is 10.4. The topological polar surface area (TPSA) is 44.4 Å². The number of carbonyl (C=O) groups is 1. The van der Waals surface area contributed by atoms with Gasteiger partial charge in [0.1, 0.15) is 0 Å². The Labute approximate surface area is 66.2 Å². The van der Waals surface area contributed by atoms with Crippen LogP contribution in [0.15, 0.2) is 12.7 Å². The average molecular weight is 155 g/mol. The third-order valence-corrected chi connectivity index (χ3v) is 1.57. The van der Waals surface area contributed by atoms with Crippen molar-refractivity contribution in [1.29, 1.82) is 0 Å². The van der Waals surface area contributed by atoms with Gasteiger partial charge in [-0.3, -0.25) is 10.2 Å². The molecule has 0 spiro atoms. The summed E-state index contributed by atoms with van der Waals surface area (Å²) in [6.07, 6.45) is 1.28. The van der Waals surface area contributed by atoms with Crippen molar-refractivity contribution in [1.82, 2.24) is 15.8 Å². The van der Waals surface area contributed by atoms with Crippen LogP contribution in [0, 0.1) is 0 Å². The molecule has 1 rings (SSSR count). The van der Waals surface area contributed by atoms with E-state index in [1.54, 1.807) is 0 Å². The van der Waals surface area contributed by atoms with Crippen LogP contribution in [0.2, 0.25) is 0 Å². The van der Waals surface area contributed by atoms with Gasteiger partial charge in [-0.05, 0) is 6.08 Å². The van der Waals surface area contributed by atoms with Gasteiger partial charge in [0.05, 0.1) is 0 Å². The quantitative estimate of drug-likeness (QED) is 0.508. The van der Waals surface area contributed by atoms with E-state index in [4.69, 9.17) is 0 Å². The second-order valence-corrected chi connectivity index (χ2v) is 2.42. The van der Waals surface area contributed by atoms with Crippen LogP contribution in [0.25, 0.3) is 0 Å². The standard InChI is InChI=1S/C7H13N3O/c1-2-7(11)9-10-5-3-8-4-6-10/h2,8H,1,3-6H2,(H,9,11). The first kappa shape index (κ1) is 8.23. The van der Waals surface area contributed by atoms with E-state index in [1.165, 1.54) is 6.08 Å². The van der Waals surface area contributed by atoms with Gasteiger partial charge in [-0.2, -0.15) is 0 Å². The highest BCUT2D eigenvalue weighted by atomic mass is 16.2. The molecular weight excluding hydrogens is 142 g/mol. The van der Waals surface area contributed by atoms with Crippen LogP contribution >= 0.6 is 0 Å². The number of hydrogen-bond acceptors (Lipinski definition) is 3. The van der Waals surface area contributed by atoms with Crippen molar-refractivity contribution in [3.8, 4) is 0 Å². The molecule has 1 aliphatic heterocycles. The Morgan fingerprint density at radius 3 is 2.73 bits per heavy atom. The van der Waals surface area contributed by atoms with Gasteiger partial charge >= 0.3 is 0 Å². The fourth-order valence-corrected chi connectivity index (χ4v) is 0.978.